The van der Waals surface area contributed by atoms with E-state index in [-0.39, 0.29) is 17.4 Å². The van der Waals surface area contributed by atoms with E-state index in [4.69, 9.17) is 4.74 Å². The van der Waals surface area contributed by atoms with Crippen LogP contribution in [0.5, 0.6) is 0 Å². The summed E-state index contributed by atoms with van der Waals surface area (Å²) in [5, 5.41) is 4.47. The quantitative estimate of drug-likeness (QED) is 0.469. The molecule has 6 rings (SSSR count). The zero-order valence-corrected chi connectivity index (χ0v) is 17.9. The Bertz CT molecular complexity index is 1350. The molecule has 8 nitrogen and oxygen atoms in total. The zero-order valence-electron chi connectivity index (χ0n) is 17.9. The Morgan fingerprint density at radius 2 is 1.97 bits per heavy atom. The van der Waals surface area contributed by atoms with Gasteiger partial charge in [0.15, 0.2) is 5.65 Å². The van der Waals surface area contributed by atoms with Gasteiger partial charge in [-0.2, -0.15) is 10.1 Å². The molecule has 1 saturated carbocycles. The summed E-state index contributed by atoms with van der Waals surface area (Å²) < 4.78 is 36.2. The van der Waals surface area contributed by atoms with Crippen molar-refractivity contribution in [3.63, 3.8) is 0 Å². The maximum atomic E-state index is 14.7. The highest BCUT2D eigenvalue weighted by molar-refractivity contribution is 5.88. The van der Waals surface area contributed by atoms with E-state index in [1.807, 2.05) is 28.9 Å². The Labute approximate surface area is 188 Å². The van der Waals surface area contributed by atoms with Crippen LogP contribution in [0.25, 0.3) is 22.4 Å². The topological polar surface area (TPSA) is 81.9 Å². The molecule has 1 aliphatic heterocycles. The summed E-state index contributed by atoms with van der Waals surface area (Å²) in [6, 6.07) is 3.91. The van der Waals surface area contributed by atoms with E-state index in [1.54, 1.807) is 6.20 Å². The van der Waals surface area contributed by atoms with Gasteiger partial charge in [0.05, 0.1) is 31.1 Å². The lowest BCUT2D eigenvalue weighted by atomic mass is 10.1. The lowest BCUT2D eigenvalue weighted by Crippen LogP contribution is -2.39. The summed E-state index contributed by atoms with van der Waals surface area (Å²) in [6.07, 6.45) is 7.61. The lowest BCUT2D eigenvalue weighted by molar-refractivity contribution is 0.0392. The van der Waals surface area contributed by atoms with E-state index in [1.165, 1.54) is 12.1 Å². The Balaban J connectivity index is 1.39. The fourth-order valence-corrected chi connectivity index (χ4v) is 4.08. The molecule has 33 heavy (non-hydrogen) atoms. The molecule has 3 aromatic heterocycles. The van der Waals surface area contributed by atoms with Crippen molar-refractivity contribution in [2.45, 2.75) is 31.9 Å². The fraction of sp³-hybridized carbons (Fsp3) is 0.348. The molecule has 1 aromatic carbocycles. The van der Waals surface area contributed by atoms with Crippen LogP contribution in [0.15, 0.2) is 36.8 Å². The fourth-order valence-electron chi connectivity index (χ4n) is 4.08. The lowest BCUT2D eigenvalue weighted by Gasteiger charge is -2.32. The van der Waals surface area contributed by atoms with Gasteiger partial charge in [-0.05, 0) is 31.9 Å². The first-order valence-electron chi connectivity index (χ1n) is 10.9. The summed E-state index contributed by atoms with van der Waals surface area (Å²) in [5.74, 6) is -0.959. The van der Waals surface area contributed by atoms with Crippen molar-refractivity contribution in [3.05, 3.63) is 59.7 Å². The van der Waals surface area contributed by atoms with Crippen molar-refractivity contribution in [1.82, 2.24) is 29.7 Å². The third kappa shape index (κ3) is 3.80. The van der Waals surface area contributed by atoms with Gasteiger partial charge < -0.3 is 9.64 Å². The second kappa shape index (κ2) is 7.80. The number of benzene rings is 1. The van der Waals surface area contributed by atoms with Gasteiger partial charge in [0.2, 0.25) is 5.95 Å². The number of nitrogens with zero attached hydrogens (tertiary/aromatic N) is 7. The number of fused-ring (bicyclic) bond motifs is 1. The van der Waals surface area contributed by atoms with Crippen molar-refractivity contribution < 1.29 is 13.5 Å². The highest BCUT2D eigenvalue weighted by atomic mass is 19.1. The Morgan fingerprint density at radius 1 is 1.09 bits per heavy atom. The van der Waals surface area contributed by atoms with E-state index in [0.29, 0.717) is 48.5 Å². The van der Waals surface area contributed by atoms with Crippen LogP contribution in [0.2, 0.25) is 0 Å². The smallest absolute Gasteiger partial charge is 0.228 e. The van der Waals surface area contributed by atoms with E-state index in [9.17, 15) is 8.78 Å². The van der Waals surface area contributed by atoms with Crippen LogP contribution in [-0.2, 0) is 4.74 Å². The van der Waals surface area contributed by atoms with Gasteiger partial charge in [0, 0.05) is 36.1 Å². The number of aromatic nitrogens is 6. The van der Waals surface area contributed by atoms with Crippen molar-refractivity contribution in [2.24, 2.45) is 0 Å². The largest absolute Gasteiger partial charge is 0.370 e. The maximum Gasteiger partial charge on any atom is 0.228 e. The molecule has 2 fully saturated rings. The molecule has 4 heterocycles. The van der Waals surface area contributed by atoms with Crippen molar-refractivity contribution in [1.29, 1.82) is 0 Å². The van der Waals surface area contributed by atoms with Crippen LogP contribution in [-0.4, -0.2) is 49.4 Å². The van der Waals surface area contributed by atoms with Gasteiger partial charge in [0.25, 0.3) is 0 Å². The number of hydrogen-bond donors (Lipinski definition) is 0. The molecule has 0 spiro atoms. The molecule has 0 N–H and O–H groups in total. The highest BCUT2D eigenvalue weighted by Crippen LogP contribution is 2.35. The number of halogens is 2. The molecule has 0 amide bonds. The first kappa shape index (κ1) is 20.1. The first-order valence-corrected chi connectivity index (χ1v) is 10.9. The number of hydrogen-bond acceptors (Lipinski definition) is 7. The molecule has 0 unspecified atom stereocenters. The molecule has 0 radical (unpaired) electrons. The van der Waals surface area contributed by atoms with Crippen molar-refractivity contribution in [3.8, 4) is 11.3 Å². The van der Waals surface area contributed by atoms with Gasteiger partial charge in [0.1, 0.15) is 28.9 Å². The molecular weight excluding hydrogens is 428 g/mol. The number of aryl methyl sites for hydroxylation is 1. The van der Waals surface area contributed by atoms with E-state index < -0.39 is 11.6 Å². The average Bonchev–Trinajstić information content (AvgIpc) is 3.54. The molecule has 10 heteroatoms. The molecule has 0 bridgehead atoms. The van der Waals surface area contributed by atoms with Crippen LogP contribution < -0.4 is 4.90 Å². The monoisotopic (exact) mass is 449 g/mol. The Morgan fingerprint density at radius 3 is 2.79 bits per heavy atom. The van der Waals surface area contributed by atoms with E-state index in [2.05, 4.69) is 25.0 Å². The van der Waals surface area contributed by atoms with Crippen molar-refractivity contribution in [2.75, 3.05) is 24.6 Å². The SMILES string of the molecule is Cc1cnc2c(-c3ccc(F)cc3F)nc(N3CCO[C@H](c4cnn(C5CC5)c4)C3)nc2n1. The second-order valence-corrected chi connectivity index (χ2v) is 8.47. The van der Waals surface area contributed by atoms with Crippen LogP contribution in [0.1, 0.15) is 36.2 Å². The molecule has 1 atom stereocenters. The van der Waals surface area contributed by atoms with Gasteiger partial charge in [-0.15, -0.1) is 0 Å². The number of morpholine rings is 1. The van der Waals surface area contributed by atoms with Crippen LogP contribution in [0.3, 0.4) is 0 Å². The van der Waals surface area contributed by atoms with Gasteiger partial charge in [-0.25, -0.2) is 23.7 Å². The maximum absolute atomic E-state index is 14.7. The third-order valence-electron chi connectivity index (χ3n) is 5.97. The van der Waals surface area contributed by atoms with Crippen molar-refractivity contribution >= 4 is 17.1 Å². The predicted octanol–water partition coefficient (Wildman–Crippen LogP) is 3.78. The summed E-state index contributed by atoms with van der Waals surface area (Å²) in [4.78, 5) is 20.2. The summed E-state index contributed by atoms with van der Waals surface area (Å²) >= 11 is 0. The summed E-state index contributed by atoms with van der Waals surface area (Å²) in [7, 11) is 0. The van der Waals surface area contributed by atoms with Crippen LogP contribution in [0.4, 0.5) is 14.7 Å². The highest BCUT2D eigenvalue weighted by Gasteiger charge is 2.29. The predicted molar refractivity (Wildman–Crippen MR) is 117 cm³/mol. The minimum atomic E-state index is -0.712. The second-order valence-electron chi connectivity index (χ2n) is 8.47. The molecule has 2 aliphatic rings. The number of anilines is 1. The molecule has 1 aliphatic carbocycles. The van der Waals surface area contributed by atoms with E-state index >= 15 is 0 Å². The van der Waals surface area contributed by atoms with Gasteiger partial charge in [-0.3, -0.25) is 4.68 Å². The zero-order chi connectivity index (χ0) is 22.5. The normalized spacial score (nSPS) is 18.8. The van der Waals surface area contributed by atoms with Crippen LogP contribution >= 0.6 is 0 Å². The number of rotatable bonds is 4. The standard InChI is InChI=1S/C23H21F2N7O/c1-13-9-26-21-20(17-5-2-15(24)8-18(17)25)29-23(30-22(21)28-13)31-6-7-33-19(12-31)14-10-27-32(11-14)16-3-4-16/h2,5,8-11,16,19H,3-4,6-7,12H2,1H3/t19-/m0/s1. The minimum absolute atomic E-state index is 0.152. The average molecular weight is 449 g/mol. The van der Waals surface area contributed by atoms with Gasteiger partial charge >= 0.3 is 0 Å². The minimum Gasteiger partial charge on any atom is -0.370 e. The molecular formula is C23H21F2N7O. The molecule has 1 saturated heterocycles. The van der Waals surface area contributed by atoms with Gasteiger partial charge in [-0.1, -0.05) is 0 Å². The Kier molecular flexibility index (Phi) is 4.75. The first-order chi connectivity index (χ1) is 16.0. The van der Waals surface area contributed by atoms with E-state index in [0.717, 1.165) is 24.5 Å². The van der Waals surface area contributed by atoms with Crippen LogP contribution in [0, 0.1) is 18.6 Å². The molecule has 4 aromatic rings. The third-order valence-corrected chi connectivity index (χ3v) is 5.97. The summed E-state index contributed by atoms with van der Waals surface area (Å²) in [5.41, 5.74) is 2.86. The Hall–Kier alpha value is -3.53. The number of ether oxygens (including phenoxy) is 1. The molecule has 168 valence electrons. The summed E-state index contributed by atoms with van der Waals surface area (Å²) in [6.45, 7) is 3.39.